The first kappa shape index (κ1) is 21.5. The number of methoxy groups -OCH3 is 1. The number of rotatable bonds is 8. The minimum absolute atomic E-state index is 0.0436. The largest absolute Gasteiger partial charge is 0.389 e. The van der Waals surface area contributed by atoms with Gasteiger partial charge in [-0.15, -0.1) is 0 Å². The summed E-state index contributed by atoms with van der Waals surface area (Å²) in [5.41, 5.74) is 2.74. The highest BCUT2D eigenvalue weighted by atomic mass is 16.5. The number of fused-ring (bicyclic) bond motifs is 1. The van der Waals surface area contributed by atoms with Gasteiger partial charge in [-0.2, -0.15) is 0 Å². The summed E-state index contributed by atoms with van der Waals surface area (Å²) in [6.07, 6.45) is 4.03. The van der Waals surface area contributed by atoms with Crippen LogP contribution < -0.4 is 16.0 Å². The first-order valence-corrected chi connectivity index (χ1v) is 9.85. The molecule has 2 unspecified atom stereocenters. The molecule has 0 radical (unpaired) electrons. The molecule has 3 rings (SSSR count). The normalized spacial score (nSPS) is 16.8. The van der Waals surface area contributed by atoms with Crippen LogP contribution in [0.4, 0.5) is 0 Å². The Bertz CT molecular complexity index is 1010. The van der Waals surface area contributed by atoms with Crippen LogP contribution in [0.2, 0.25) is 0 Å². The minimum atomic E-state index is -0.586. The fourth-order valence-corrected chi connectivity index (χ4v) is 3.76. The van der Waals surface area contributed by atoms with E-state index in [4.69, 9.17) is 9.47 Å². The van der Waals surface area contributed by atoms with Gasteiger partial charge in [0.25, 0.3) is 5.56 Å². The number of aliphatic hydroxyl groups excluding tert-OH is 1. The topological polar surface area (TPSA) is 63.9 Å². The Labute approximate surface area is 171 Å². The van der Waals surface area contributed by atoms with Crippen LogP contribution in [0, 0.1) is 0 Å². The van der Waals surface area contributed by atoms with Crippen molar-refractivity contribution >= 4 is 12.2 Å². The molecule has 0 saturated carbocycles. The average Bonchev–Trinajstić information content (AvgIpc) is 2.71. The number of likely N-dealkylation sites (N-methyl/N-ethyl adjacent to an activating group) is 1. The van der Waals surface area contributed by atoms with Gasteiger partial charge in [-0.3, -0.25) is 4.79 Å². The van der Waals surface area contributed by atoms with Crippen molar-refractivity contribution in [3.8, 4) is 11.1 Å². The van der Waals surface area contributed by atoms with E-state index in [1.807, 2.05) is 61.5 Å². The Morgan fingerprint density at radius 3 is 2.62 bits per heavy atom. The molecule has 1 heterocycles. The van der Waals surface area contributed by atoms with E-state index in [-0.39, 0.29) is 24.9 Å². The number of aromatic nitrogens is 1. The molecular formula is C23H30N2O4. The molecule has 6 heteroatoms. The van der Waals surface area contributed by atoms with E-state index in [0.29, 0.717) is 18.2 Å². The van der Waals surface area contributed by atoms with Crippen LogP contribution in [0.5, 0.6) is 0 Å². The lowest BCUT2D eigenvalue weighted by molar-refractivity contribution is 0.0150. The average molecular weight is 399 g/mol. The number of hydrogen-bond acceptors (Lipinski definition) is 5. The maximum Gasteiger partial charge on any atom is 0.258 e. The van der Waals surface area contributed by atoms with Crippen LogP contribution in [0.15, 0.2) is 35.1 Å². The summed E-state index contributed by atoms with van der Waals surface area (Å²) in [6, 6.07) is 10.0. The predicted octanol–water partition coefficient (Wildman–Crippen LogP) is 0.471. The maximum atomic E-state index is 13.0. The molecule has 0 fully saturated rings. The lowest BCUT2D eigenvalue weighted by atomic mass is 9.96. The molecule has 6 nitrogen and oxygen atoms in total. The highest BCUT2D eigenvalue weighted by Gasteiger charge is 2.18. The van der Waals surface area contributed by atoms with Crippen molar-refractivity contribution in [1.29, 1.82) is 0 Å². The fourth-order valence-electron chi connectivity index (χ4n) is 3.76. The van der Waals surface area contributed by atoms with Crippen molar-refractivity contribution in [1.82, 2.24) is 9.47 Å². The van der Waals surface area contributed by atoms with Gasteiger partial charge in [0.05, 0.1) is 31.1 Å². The highest BCUT2D eigenvalue weighted by molar-refractivity contribution is 5.69. The first-order valence-electron chi connectivity index (χ1n) is 9.85. The molecule has 0 amide bonds. The third-order valence-corrected chi connectivity index (χ3v) is 5.18. The second kappa shape index (κ2) is 9.50. The Morgan fingerprint density at radius 2 is 1.97 bits per heavy atom. The van der Waals surface area contributed by atoms with Gasteiger partial charge in [-0.1, -0.05) is 36.4 Å². The second-order valence-electron chi connectivity index (χ2n) is 7.69. The van der Waals surface area contributed by atoms with E-state index in [9.17, 15) is 9.90 Å². The molecule has 2 atom stereocenters. The smallest absolute Gasteiger partial charge is 0.258 e. The first-order chi connectivity index (χ1) is 13.9. The number of pyridine rings is 1. The summed E-state index contributed by atoms with van der Waals surface area (Å²) >= 11 is 0. The summed E-state index contributed by atoms with van der Waals surface area (Å²) < 4.78 is 13.0. The van der Waals surface area contributed by atoms with Crippen molar-refractivity contribution in [2.45, 2.75) is 25.2 Å². The third-order valence-electron chi connectivity index (χ3n) is 5.18. The monoisotopic (exact) mass is 398 g/mol. The summed E-state index contributed by atoms with van der Waals surface area (Å²) in [5.74, 6) is 0. The van der Waals surface area contributed by atoms with Gasteiger partial charge in [0.2, 0.25) is 0 Å². The van der Waals surface area contributed by atoms with Crippen molar-refractivity contribution in [2.24, 2.45) is 7.05 Å². The highest BCUT2D eigenvalue weighted by Crippen LogP contribution is 2.20. The predicted molar refractivity (Wildman–Crippen MR) is 115 cm³/mol. The SMILES string of the molecule is COC1C=c2c(-c3ccccc3)c(COCC(O)CN(C)C)n(C)c(=O)c2=CC1. The Kier molecular flexibility index (Phi) is 7.03. The van der Waals surface area contributed by atoms with Crippen molar-refractivity contribution in [3.63, 3.8) is 0 Å². The molecule has 1 aromatic carbocycles. The minimum Gasteiger partial charge on any atom is -0.389 e. The fraction of sp³-hybridized carbons (Fsp3) is 0.435. The van der Waals surface area contributed by atoms with Crippen LogP contribution in [0.3, 0.4) is 0 Å². The van der Waals surface area contributed by atoms with E-state index >= 15 is 0 Å². The van der Waals surface area contributed by atoms with E-state index in [2.05, 4.69) is 0 Å². The van der Waals surface area contributed by atoms with Gasteiger partial charge in [0.15, 0.2) is 0 Å². The van der Waals surface area contributed by atoms with E-state index in [1.54, 1.807) is 18.7 Å². The summed E-state index contributed by atoms with van der Waals surface area (Å²) in [5, 5.41) is 11.7. The molecule has 1 aliphatic rings. The molecule has 29 heavy (non-hydrogen) atoms. The standard InChI is InChI=1S/C23H30N2O4/c1-24(2)13-17(26)14-29-15-21-22(16-8-6-5-7-9-16)20-12-18(28-4)10-11-19(20)23(27)25(21)3/h5-9,11-12,17-18,26H,10,13-15H2,1-4H3. The van der Waals surface area contributed by atoms with Gasteiger partial charge >= 0.3 is 0 Å². The van der Waals surface area contributed by atoms with Crippen LogP contribution in [-0.2, 0) is 23.1 Å². The van der Waals surface area contributed by atoms with Gasteiger partial charge in [0, 0.05) is 31.5 Å². The quantitative estimate of drug-likeness (QED) is 0.701. The lowest BCUT2D eigenvalue weighted by Gasteiger charge is -2.21. The van der Waals surface area contributed by atoms with Crippen LogP contribution in [0.25, 0.3) is 23.3 Å². The second-order valence-corrected chi connectivity index (χ2v) is 7.69. The number of benzene rings is 1. The van der Waals surface area contributed by atoms with Crippen LogP contribution in [-0.4, -0.2) is 61.1 Å². The lowest BCUT2D eigenvalue weighted by Crippen LogP contribution is -2.49. The third kappa shape index (κ3) is 4.85. The number of nitrogens with zero attached hydrogens (tertiary/aromatic N) is 2. The Balaban J connectivity index is 2.08. The molecule has 2 aromatic rings. The molecule has 156 valence electrons. The Hall–Kier alpha value is -2.25. The molecule has 0 saturated heterocycles. The van der Waals surface area contributed by atoms with E-state index in [0.717, 1.165) is 22.0 Å². The van der Waals surface area contributed by atoms with Crippen molar-refractivity contribution in [2.75, 3.05) is 34.4 Å². The summed E-state index contributed by atoms with van der Waals surface area (Å²) in [6.45, 7) is 0.959. The van der Waals surface area contributed by atoms with Gasteiger partial charge in [-0.05, 0) is 37.4 Å². The number of hydrogen-bond donors (Lipinski definition) is 1. The molecule has 0 spiro atoms. The summed E-state index contributed by atoms with van der Waals surface area (Å²) in [7, 11) is 7.27. The van der Waals surface area contributed by atoms with E-state index < -0.39 is 6.10 Å². The zero-order chi connectivity index (χ0) is 21.0. The van der Waals surface area contributed by atoms with Gasteiger partial charge < -0.3 is 24.0 Å². The number of ether oxygens (including phenoxy) is 2. The number of aliphatic hydroxyl groups is 1. The molecule has 1 aliphatic carbocycles. The van der Waals surface area contributed by atoms with Gasteiger partial charge in [0.1, 0.15) is 0 Å². The molecular weight excluding hydrogens is 368 g/mol. The summed E-state index contributed by atoms with van der Waals surface area (Å²) in [4.78, 5) is 14.9. The Morgan fingerprint density at radius 1 is 1.24 bits per heavy atom. The van der Waals surface area contributed by atoms with Crippen LogP contribution in [0.1, 0.15) is 12.1 Å². The van der Waals surface area contributed by atoms with Gasteiger partial charge in [-0.25, -0.2) is 0 Å². The zero-order valence-electron chi connectivity index (χ0n) is 17.6. The maximum absolute atomic E-state index is 13.0. The van der Waals surface area contributed by atoms with Crippen molar-refractivity contribution in [3.05, 3.63) is 56.8 Å². The molecule has 0 aliphatic heterocycles. The molecule has 1 N–H and O–H groups in total. The molecule has 1 aromatic heterocycles. The zero-order valence-corrected chi connectivity index (χ0v) is 17.6. The van der Waals surface area contributed by atoms with Crippen molar-refractivity contribution < 1.29 is 14.6 Å². The van der Waals surface area contributed by atoms with Crippen LogP contribution >= 0.6 is 0 Å². The van der Waals surface area contributed by atoms with E-state index in [1.165, 1.54) is 0 Å². The molecule has 0 bridgehead atoms.